The predicted molar refractivity (Wildman–Crippen MR) is 80.0 cm³/mol. The zero-order chi connectivity index (χ0) is 16.6. The molecule has 118 valence electrons. The number of hydrogen-bond acceptors (Lipinski definition) is 3. The highest BCUT2D eigenvalue weighted by molar-refractivity contribution is 7.14. The van der Waals surface area contributed by atoms with Crippen LogP contribution in [0.2, 0.25) is 0 Å². The molecule has 0 radical (unpaired) electrons. The number of carbonyl (C=O) groups excluding carboxylic acids is 1. The van der Waals surface area contributed by atoms with Crippen LogP contribution in [0.5, 0.6) is 0 Å². The Hall–Kier alpha value is -2.33. The van der Waals surface area contributed by atoms with Gasteiger partial charge in [0.1, 0.15) is 11.1 Å². The quantitative estimate of drug-likeness (QED) is 0.904. The average molecular weight is 336 g/mol. The number of nitrogens with one attached hydrogen (secondary N) is 1. The van der Waals surface area contributed by atoms with Crippen LogP contribution >= 0.6 is 11.3 Å². The number of carbonyl (C=O) groups is 1. The van der Waals surface area contributed by atoms with Crippen LogP contribution in [0, 0.1) is 17.2 Å². The zero-order valence-electron chi connectivity index (χ0n) is 11.7. The van der Waals surface area contributed by atoms with Gasteiger partial charge in [-0.1, -0.05) is 18.2 Å². The fourth-order valence-corrected chi connectivity index (χ4v) is 3.35. The minimum Gasteiger partial charge on any atom is -0.316 e. The Balaban J connectivity index is 1.75. The summed E-state index contributed by atoms with van der Waals surface area (Å²) in [6.45, 7) is 0. The third kappa shape index (κ3) is 3.08. The summed E-state index contributed by atoms with van der Waals surface area (Å²) in [5.74, 6) is -1.27. The highest BCUT2D eigenvalue weighted by Crippen LogP contribution is 2.51. The molecule has 1 aliphatic rings. The Morgan fingerprint density at radius 3 is 2.74 bits per heavy atom. The van der Waals surface area contributed by atoms with E-state index in [1.54, 1.807) is 17.5 Å². The molecule has 2 atom stereocenters. The standard InChI is InChI=1S/C16H11F3N2OS/c17-16(18,19)13-4-2-1-3-10(13)11-7-12(11)14(22)21-15-9(8-20)5-6-23-15/h1-6,11-12H,7H2,(H,21,22). The van der Waals surface area contributed by atoms with Crippen molar-refractivity contribution < 1.29 is 18.0 Å². The number of rotatable bonds is 3. The summed E-state index contributed by atoms with van der Waals surface area (Å²) >= 11 is 1.22. The van der Waals surface area contributed by atoms with Gasteiger partial charge in [0.25, 0.3) is 0 Å². The maximum absolute atomic E-state index is 13.0. The number of thiophene rings is 1. The molecule has 3 rings (SSSR count). The average Bonchev–Trinajstić information content (AvgIpc) is 3.20. The lowest BCUT2D eigenvalue weighted by Gasteiger charge is -2.12. The van der Waals surface area contributed by atoms with Crippen LogP contribution in [0.1, 0.15) is 29.0 Å². The summed E-state index contributed by atoms with van der Waals surface area (Å²) in [7, 11) is 0. The molecule has 23 heavy (non-hydrogen) atoms. The third-order valence-corrected chi connectivity index (χ3v) is 4.65. The number of anilines is 1. The highest BCUT2D eigenvalue weighted by Gasteiger charge is 2.47. The van der Waals surface area contributed by atoms with Gasteiger partial charge in [-0.2, -0.15) is 18.4 Å². The van der Waals surface area contributed by atoms with Crippen LogP contribution in [-0.4, -0.2) is 5.91 Å². The predicted octanol–water partition coefficient (Wildman–Crippen LogP) is 4.38. The SMILES string of the molecule is N#Cc1ccsc1NC(=O)C1CC1c1ccccc1C(F)(F)F. The highest BCUT2D eigenvalue weighted by atomic mass is 32.1. The summed E-state index contributed by atoms with van der Waals surface area (Å²) in [5, 5.41) is 13.7. The van der Waals surface area contributed by atoms with Gasteiger partial charge in [-0.3, -0.25) is 4.79 Å². The molecule has 2 aromatic rings. The van der Waals surface area contributed by atoms with Crippen molar-refractivity contribution in [1.82, 2.24) is 0 Å². The van der Waals surface area contributed by atoms with Gasteiger partial charge in [0.05, 0.1) is 11.1 Å². The lowest BCUT2D eigenvalue weighted by Crippen LogP contribution is -2.15. The summed E-state index contributed by atoms with van der Waals surface area (Å²) in [4.78, 5) is 12.2. The summed E-state index contributed by atoms with van der Waals surface area (Å²) in [6.07, 6.45) is -4.05. The van der Waals surface area contributed by atoms with Crippen LogP contribution in [0.3, 0.4) is 0 Å². The zero-order valence-corrected chi connectivity index (χ0v) is 12.5. The number of nitriles is 1. The summed E-state index contributed by atoms with van der Waals surface area (Å²) in [6, 6.07) is 8.90. The monoisotopic (exact) mass is 336 g/mol. The maximum Gasteiger partial charge on any atom is 0.416 e. The van der Waals surface area contributed by atoms with E-state index in [0.29, 0.717) is 17.0 Å². The largest absolute Gasteiger partial charge is 0.416 e. The smallest absolute Gasteiger partial charge is 0.316 e. The molecule has 1 N–H and O–H groups in total. The fraction of sp³-hybridized carbons (Fsp3) is 0.250. The van der Waals surface area contributed by atoms with E-state index in [2.05, 4.69) is 5.32 Å². The van der Waals surface area contributed by atoms with Gasteiger partial charge in [0.15, 0.2) is 0 Å². The number of benzene rings is 1. The van der Waals surface area contributed by atoms with Crippen molar-refractivity contribution in [2.75, 3.05) is 5.32 Å². The van der Waals surface area contributed by atoms with Crippen LogP contribution in [0.25, 0.3) is 0 Å². The molecule has 1 amide bonds. The number of halogens is 3. The summed E-state index contributed by atoms with van der Waals surface area (Å²) in [5.41, 5.74) is -0.169. The lowest BCUT2D eigenvalue weighted by atomic mass is 10.0. The normalized spacial score (nSPS) is 19.9. The number of nitrogens with zero attached hydrogens (tertiary/aromatic N) is 1. The van der Waals surface area contributed by atoms with Crippen molar-refractivity contribution in [2.24, 2.45) is 5.92 Å². The second kappa shape index (κ2) is 5.70. The van der Waals surface area contributed by atoms with Crippen LogP contribution in [-0.2, 0) is 11.0 Å². The number of amides is 1. The van der Waals surface area contributed by atoms with Crippen molar-refractivity contribution in [1.29, 1.82) is 5.26 Å². The van der Waals surface area contributed by atoms with E-state index < -0.39 is 23.6 Å². The Labute approximate surface area is 134 Å². The number of hydrogen-bond donors (Lipinski definition) is 1. The Kier molecular flexibility index (Phi) is 3.86. The van der Waals surface area contributed by atoms with Crippen LogP contribution in [0.4, 0.5) is 18.2 Å². The molecule has 1 fully saturated rings. The molecule has 0 saturated heterocycles. The molecule has 3 nitrogen and oxygen atoms in total. The molecule has 0 bridgehead atoms. The minimum atomic E-state index is -4.43. The summed E-state index contributed by atoms with van der Waals surface area (Å²) < 4.78 is 39.1. The van der Waals surface area contributed by atoms with Gasteiger partial charge in [0.2, 0.25) is 5.91 Å². The molecule has 1 aromatic carbocycles. The molecule has 2 unspecified atom stereocenters. The van der Waals surface area contributed by atoms with Crippen LogP contribution < -0.4 is 5.32 Å². The molecule has 1 saturated carbocycles. The van der Waals surface area contributed by atoms with Gasteiger partial charge < -0.3 is 5.32 Å². The second-order valence-electron chi connectivity index (χ2n) is 5.30. The van der Waals surface area contributed by atoms with Gasteiger partial charge >= 0.3 is 6.18 Å². The van der Waals surface area contributed by atoms with Crippen molar-refractivity contribution in [3.8, 4) is 6.07 Å². The first-order valence-electron chi connectivity index (χ1n) is 6.86. The second-order valence-corrected chi connectivity index (χ2v) is 6.21. The molecule has 0 aliphatic heterocycles. The van der Waals surface area contributed by atoms with Crippen molar-refractivity contribution >= 4 is 22.2 Å². The van der Waals surface area contributed by atoms with Gasteiger partial charge in [-0.15, -0.1) is 11.3 Å². The molecular formula is C16H11F3N2OS. The first-order chi connectivity index (χ1) is 10.9. The van der Waals surface area contributed by atoms with E-state index in [1.807, 2.05) is 6.07 Å². The van der Waals surface area contributed by atoms with E-state index >= 15 is 0 Å². The molecule has 1 aromatic heterocycles. The molecule has 1 aliphatic carbocycles. The Morgan fingerprint density at radius 2 is 2.04 bits per heavy atom. The molecular weight excluding hydrogens is 325 g/mol. The first kappa shape index (κ1) is 15.6. The third-order valence-electron chi connectivity index (χ3n) is 3.82. The Bertz CT molecular complexity index is 791. The molecule has 1 heterocycles. The van der Waals surface area contributed by atoms with Crippen LogP contribution in [0.15, 0.2) is 35.7 Å². The lowest BCUT2D eigenvalue weighted by molar-refractivity contribution is -0.138. The van der Waals surface area contributed by atoms with E-state index in [-0.39, 0.29) is 11.5 Å². The van der Waals surface area contributed by atoms with E-state index in [4.69, 9.17) is 5.26 Å². The van der Waals surface area contributed by atoms with E-state index in [9.17, 15) is 18.0 Å². The van der Waals surface area contributed by atoms with E-state index in [1.165, 1.54) is 23.5 Å². The molecule has 0 spiro atoms. The Morgan fingerprint density at radius 1 is 1.30 bits per heavy atom. The minimum absolute atomic E-state index is 0.159. The van der Waals surface area contributed by atoms with Gasteiger partial charge in [-0.05, 0) is 35.4 Å². The maximum atomic E-state index is 13.0. The first-order valence-corrected chi connectivity index (χ1v) is 7.74. The van der Waals surface area contributed by atoms with Gasteiger partial charge in [-0.25, -0.2) is 0 Å². The number of alkyl halides is 3. The van der Waals surface area contributed by atoms with Crippen molar-refractivity contribution in [2.45, 2.75) is 18.5 Å². The topological polar surface area (TPSA) is 52.9 Å². The van der Waals surface area contributed by atoms with Gasteiger partial charge in [0, 0.05) is 5.92 Å². The molecule has 7 heteroatoms. The van der Waals surface area contributed by atoms with Crippen molar-refractivity contribution in [3.63, 3.8) is 0 Å². The van der Waals surface area contributed by atoms with E-state index in [0.717, 1.165) is 6.07 Å². The van der Waals surface area contributed by atoms with Crippen molar-refractivity contribution in [3.05, 3.63) is 52.4 Å². The fourth-order valence-electron chi connectivity index (χ4n) is 2.61.